The minimum Gasteiger partial charge on any atom is -0.355 e. The Kier molecular flexibility index (Phi) is 7.14. The maximum absolute atomic E-state index is 14.3. The molecule has 3 aromatic carbocycles. The lowest BCUT2D eigenvalue weighted by Crippen LogP contribution is -2.47. The van der Waals surface area contributed by atoms with Crippen molar-refractivity contribution in [1.82, 2.24) is 5.32 Å². The highest BCUT2D eigenvalue weighted by Gasteiger charge is 2.39. The number of aryl methyl sites for hydroxylation is 1. The minimum absolute atomic E-state index is 0.126. The Morgan fingerprint density at radius 2 is 1.76 bits per heavy atom. The number of nitrogens with zero attached hydrogens (tertiary/aromatic N) is 1. The van der Waals surface area contributed by atoms with E-state index in [9.17, 15) is 14.0 Å². The summed E-state index contributed by atoms with van der Waals surface area (Å²) in [6.45, 7) is 4.46. The molecule has 0 aromatic heterocycles. The number of hydrogen-bond donors (Lipinski definition) is 1. The molecule has 0 saturated carbocycles. The molecule has 1 aliphatic rings. The lowest BCUT2D eigenvalue weighted by molar-refractivity contribution is -0.128. The van der Waals surface area contributed by atoms with Crippen molar-refractivity contribution in [2.75, 3.05) is 11.4 Å². The molecule has 0 unspecified atom stereocenters. The zero-order valence-corrected chi connectivity index (χ0v) is 19.6. The molecule has 0 bridgehead atoms. The maximum Gasteiger partial charge on any atom is 0.241 e. The van der Waals surface area contributed by atoms with Crippen LogP contribution in [0.1, 0.15) is 23.6 Å². The van der Waals surface area contributed by atoms with Crippen LogP contribution in [0.5, 0.6) is 0 Å². The summed E-state index contributed by atoms with van der Waals surface area (Å²) in [6.07, 6.45) is 0.729. The van der Waals surface area contributed by atoms with E-state index in [1.807, 2.05) is 31.2 Å². The minimum atomic E-state index is -0.578. The highest BCUT2D eigenvalue weighted by molar-refractivity contribution is 8.01. The Bertz CT molecular complexity index is 1150. The SMILES string of the molecule is Cc1ccc(CCNC(=O)[C@H](C)[C@H]2Sc3ccccc3N(Cc3ccccc3F)C2=O)cc1. The molecule has 1 heterocycles. The van der Waals surface area contributed by atoms with E-state index >= 15 is 0 Å². The Hall–Kier alpha value is -3.12. The van der Waals surface area contributed by atoms with Crippen molar-refractivity contribution in [3.05, 3.63) is 95.3 Å². The van der Waals surface area contributed by atoms with Gasteiger partial charge in [-0.3, -0.25) is 9.59 Å². The van der Waals surface area contributed by atoms with E-state index in [1.54, 1.807) is 30.0 Å². The van der Waals surface area contributed by atoms with E-state index < -0.39 is 11.2 Å². The van der Waals surface area contributed by atoms with Gasteiger partial charge in [0.05, 0.1) is 18.2 Å². The standard InChI is InChI=1S/C27H27FN2O2S/c1-18-11-13-20(14-12-18)15-16-29-26(31)19(2)25-27(32)30(17-21-7-3-4-8-22(21)28)23-9-5-6-10-24(23)33-25/h3-14,19,25H,15-17H2,1-2H3,(H,29,31)/t19-,25-/m1/s1. The molecule has 2 amide bonds. The number of para-hydroxylation sites is 1. The van der Waals surface area contributed by atoms with Crippen molar-refractivity contribution in [3.63, 3.8) is 0 Å². The molecular weight excluding hydrogens is 435 g/mol. The average Bonchev–Trinajstić information content (AvgIpc) is 2.82. The van der Waals surface area contributed by atoms with Gasteiger partial charge in [0, 0.05) is 17.0 Å². The van der Waals surface area contributed by atoms with Gasteiger partial charge in [0.2, 0.25) is 11.8 Å². The second-order valence-electron chi connectivity index (χ2n) is 8.34. The number of carbonyl (C=O) groups excluding carboxylic acids is 2. The van der Waals surface area contributed by atoms with Crippen LogP contribution in [0.15, 0.2) is 77.7 Å². The van der Waals surface area contributed by atoms with Gasteiger partial charge in [-0.15, -0.1) is 11.8 Å². The Balaban J connectivity index is 1.47. The fourth-order valence-corrected chi connectivity index (χ4v) is 5.18. The van der Waals surface area contributed by atoms with Gasteiger partial charge in [0.1, 0.15) is 11.1 Å². The van der Waals surface area contributed by atoms with Gasteiger partial charge in [-0.1, -0.05) is 67.1 Å². The zero-order chi connectivity index (χ0) is 23.4. The second kappa shape index (κ2) is 10.2. The molecule has 1 N–H and O–H groups in total. The zero-order valence-electron chi connectivity index (χ0n) is 18.8. The summed E-state index contributed by atoms with van der Waals surface area (Å²) in [6, 6.07) is 22.3. The number of rotatable bonds is 7. The Morgan fingerprint density at radius 3 is 2.52 bits per heavy atom. The lowest BCUT2D eigenvalue weighted by atomic mass is 10.0. The molecule has 4 nitrogen and oxygen atoms in total. The molecule has 4 rings (SSSR count). The largest absolute Gasteiger partial charge is 0.355 e. The number of halogens is 1. The van der Waals surface area contributed by atoms with Gasteiger partial charge in [0.15, 0.2) is 0 Å². The lowest BCUT2D eigenvalue weighted by Gasteiger charge is -2.35. The van der Waals surface area contributed by atoms with Crippen molar-refractivity contribution in [2.45, 2.75) is 37.0 Å². The summed E-state index contributed by atoms with van der Waals surface area (Å²) in [5.74, 6) is -1.21. The number of benzene rings is 3. The van der Waals surface area contributed by atoms with Crippen LogP contribution < -0.4 is 10.2 Å². The first-order valence-corrected chi connectivity index (χ1v) is 12.0. The quantitative estimate of drug-likeness (QED) is 0.529. The van der Waals surface area contributed by atoms with Gasteiger partial charge >= 0.3 is 0 Å². The van der Waals surface area contributed by atoms with E-state index in [0.717, 1.165) is 22.6 Å². The summed E-state index contributed by atoms with van der Waals surface area (Å²) in [4.78, 5) is 28.9. The van der Waals surface area contributed by atoms with E-state index in [0.29, 0.717) is 12.1 Å². The van der Waals surface area contributed by atoms with E-state index in [4.69, 9.17) is 0 Å². The average molecular weight is 463 g/mol. The third-order valence-corrected chi connectivity index (χ3v) is 7.37. The summed E-state index contributed by atoms with van der Waals surface area (Å²) in [5, 5.41) is 2.40. The molecule has 3 aromatic rings. The summed E-state index contributed by atoms with van der Waals surface area (Å²) < 4.78 is 14.3. The van der Waals surface area contributed by atoms with Gasteiger partial charge in [-0.05, 0) is 37.1 Å². The van der Waals surface area contributed by atoms with Crippen LogP contribution in [-0.2, 0) is 22.6 Å². The van der Waals surface area contributed by atoms with Gasteiger partial charge in [0.25, 0.3) is 0 Å². The van der Waals surface area contributed by atoms with Crippen molar-refractivity contribution in [2.24, 2.45) is 5.92 Å². The van der Waals surface area contributed by atoms with E-state index in [2.05, 4.69) is 29.6 Å². The van der Waals surface area contributed by atoms with Crippen LogP contribution >= 0.6 is 11.8 Å². The number of carbonyl (C=O) groups is 2. The normalized spacial score (nSPS) is 16.3. The molecule has 33 heavy (non-hydrogen) atoms. The molecule has 1 aliphatic heterocycles. The number of amides is 2. The predicted molar refractivity (Wildman–Crippen MR) is 131 cm³/mol. The smallest absolute Gasteiger partial charge is 0.241 e. The monoisotopic (exact) mass is 462 g/mol. The van der Waals surface area contributed by atoms with Gasteiger partial charge < -0.3 is 10.2 Å². The van der Waals surface area contributed by atoms with Crippen LogP contribution in [0.2, 0.25) is 0 Å². The number of thioether (sulfide) groups is 1. The molecule has 6 heteroatoms. The van der Waals surface area contributed by atoms with Crippen molar-refractivity contribution in [1.29, 1.82) is 0 Å². The Morgan fingerprint density at radius 1 is 1.06 bits per heavy atom. The third kappa shape index (κ3) is 5.28. The summed E-state index contributed by atoms with van der Waals surface area (Å²) >= 11 is 1.41. The van der Waals surface area contributed by atoms with Gasteiger partial charge in [-0.25, -0.2) is 4.39 Å². The van der Waals surface area contributed by atoms with Crippen molar-refractivity contribution in [3.8, 4) is 0 Å². The predicted octanol–water partition coefficient (Wildman–Crippen LogP) is 5.14. The maximum atomic E-state index is 14.3. The molecule has 0 fully saturated rings. The molecule has 170 valence electrons. The van der Waals surface area contributed by atoms with E-state index in [1.165, 1.54) is 23.4 Å². The molecule has 2 atom stereocenters. The third-order valence-electron chi connectivity index (χ3n) is 5.91. The topological polar surface area (TPSA) is 49.4 Å². The summed E-state index contributed by atoms with van der Waals surface area (Å²) in [7, 11) is 0. The van der Waals surface area contributed by atoms with Crippen LogP contribution in [0, 0.1) is 18.7 Å². The number of nitrogens with one attached hydrogen (secondary N) is 1. The van der Waals surface area contributed by atoms with Crippen molar-refractivity contribution >= 4 is 29.3 Å². The molecular formula is C27H27FN2O2S. The fourth-order valence-electron chi connectivity index (χ4n) is 3.90. The molecule has 0 radical (unpaired) electrons. The first-order valence-electron chi connectivity index (χ1n) is 11.1. The number of hydrogen-bond acceptors (Lipinski definition) is 3. The fraction of sp³-hybridized carbons (Fsp3) is 0.259. The van der Waals surface area contributed by atoms with Crippen molar-refractivity contribution < 1.29 is 14.0 Å². The first-order chi connectivity index (χ1) is 15.9. The number of anilines is 1. The summed E-state index contributed by atoms with van der Waals surface area (Å²) in [5.41, 5.74) is 3.55. The van der Waals surface area contributed by atoms with Crippen LogP contribution in [0.4, 0.5) is 10.1 Å². The first kappa shape index (κ1) is 23.1. The Labute approximate surface area is 198 Å². The number of fused-ring (bicyclic) bond motifs is 1. The van der Waals surface area contributed by atoms with Crippen LogP contribution in [0.25, 0.3) is 0 Å². The van der Waals surface area contributed by atoms with Gasteiger partial charge in [-0.2, -0.15) is 0 Å². The highest BCUT2D eigenvalue weighted by atomic mass is 32.2. The van der Waals surface area contributed by atoms with E-state index in [-0.39, 0.29) is 24.2 Å². The molecule has 0 spiro atoms. The highest BCUT2D eigenvalue weighted by Crippen LogP contribution is 2.42. The molecule has 0 saturated heterocycles. The second-order valence-corrected chi connectivity index (χ2v) is 9.52. The van der Waals surface area contributed by atoms with Crippen LogP contribution in [0.3, 0.4) is 0 Å². The molecule has 0 aliphatic carbocycles. The van der Waals surface area contributed by atoms with Crippen LogP contribution in [-0.4, -0.2) is 23.6 Å².